The molecular weight excluding hydrogens is 343 g/mol. The predicted molar refractivity (Wildman–Crippen MR) is 100 cm³/mol. The van der Waals surface area contributed by atoms with Crippen LogP contribution in [0.15, 0.2) is 48.5 Å². The molecule has 1 heterocycles. The van der Waals surface area contributed by atoms with Gasteiger partial charge in [-0.05, 0) is 43.8 Å². The summed E-state index contributed by atoms with van der Waals surface area (Å²) in [7, 11) is 1.79. The minimum Gasteiger partial charge on any atom is -0.487 e. The molecule has 0 spiro atoms. The third-order valence-corrected chi connectivity index (χ3v) is 4.26. The summed E-state index contributed by atoms with van der Waals surface area (Å²) >= 11 is 0. The van der Waals surface area contributed by atoms with Gasteiger partial charge in [0.2, 0.25) is 0 Å². The van der Waals surface area contributed by atoms with Gasteiger partial charge in [0.05, 0.1) is 24.4 Å². The van der Waals surface area contributed by atoms with E-state index in [1.165, 1.54) is 12.1 Å². The Bertz CT molecular complexity index is 701. The summed E-state index contributed by atoms with van der Waals surface area (Å²) in [5, 5.41) is 13.8. The number of hydrogen-bond acceptors (Lipinski definition) is 4. The zero-order valence-corrected chi connectivity index (χ0v) is 15.2. The van der Waals surface area contributed by atoms with Crippen LogP contribution in [0, 0.1) is 5.82 Å². The Hall–Kier alpha value is -1.82. The molecule has 0 saturated carbocycles. The van der Waals surface area contributed by atoms with Crippen molar-refractivity contribution < 1.29 is 14.2 Å². The Balaban J connectivity index is 0.00000225. The standard InChI is InChI=1S/C19H23FN2O2.ClH/c1-13-12-22(16-8-3-4-9-18(16)24-13)19(17(23)11-21-2)14-6-5-7-15(20)10-14;/h3-10,13,17,19,21,23H,11-12H2,1-2H3;1H/t13?,17-,19+;/m1./s1. The van der Waals surface area contributed by atoms with Crippen LogP contribution >= 0.6 is 12.4 Å². The van der Waals surface area contributed by atoms with Gasteiger partial charge >= 0.3 is 0 Å². The number of benzene rings is 2. The van der Waals surface area contributed by atoms with E-state index in [-0.39, 0.29) is 30.4 Å². The van der Waals surface area contributed by atoms with E-state index in [1.807, 2.05) is 37.3 Å². The van der Waals surface area contributed by atoms with Gasteiger partial charge in [0.15, 0.2) is 0 Å². The molecule has 3 atom stereocenters. The zero-order valence-electron chi connectivity index (χ0n) is 14.4. The number of ether oxygens (including phenoxy) is 1. The quantitative estimate of drug-likeness (QED) is 0.853. The van der Waals surface area contributed by atoms with Crippen molar-refractivity contribution in [1.82, 2.24) is 5.32 Å². The second kappa shape index (κ2) is 8.52. The number of hydrogen-bond donors (Lipinski definition) is 2. The fraction of sp³-hybridized carbons (Fsp3) is 0.368. The lowest BCUT2D eigenvalue weighted by Gasteiger charge is -2.42. The van der Waals surface area contributed by atoms with Crippen molar-refractivity contribution in [3.05, 3.63) is 59.9 Å². The molecule has 0 bridgehead atoms. The summed E-state index contributed by atoms with van der Waals surface area (Å²) in [4.78, 5) is 2.11. The molecule has 1 unspecified atom stereocenters. The molecule has 2 aromatic carbocycles. The maximum atomic E-state index is 13.8. The van der Waals surface area contributed by atoms with E-state index in [4.69, 9.17) is 4.74 Å². The van der Waals surface area contributed by atoms with Crippen LogP contribution < -0.4 is 15.0 Å². The van der Waals surface area contributed by atoms with Crippen LogP contribution in [-0.4, -0.2) is 37.5 Å². The number of rotatable bonds is 5. The highest BCUT2D eigenvalue weighted by atomic mass is 35.5. The summed E-state index contributed by atoms with van der Waals surface area (Å²) < 4.78 is 19.7. The molecule has 2 N–H and O–H groups in total. The first-order valence-electron chi connectivity index (χ1n) is 8.20. The first-order valence-corrected chi connectivity index (χ1v) is 8.20. The SMILES string of the molecule is CNC[C@@H](O)[C@H](c1cccc(F)c1)N1CC(C)Oc2ccccc21.Cl. The number of fused-ring (bicyclic) bond motifs is 1. The predicted octanol–water partition coefficient (Wildman–Crippen LogP) is 3.16. The minimum absolute atomic E-state index is 0. The van der Waals surface area contributed by atoms with Gasteiger partial charge in [-0.3, -0.25) is 0 Å². The van der Waals surface area contributed by atoms with Gasteiger partial charge < -0.3 is 20.1 Å². The fourth-order valence-corrected chi connectivity index (χ4v) is 3.31. The number of aliphatic hydroxyl groups excluding tert-OH is 1. The Kier molecular flexibility index (Phi) is 6.64. The number of para-hydroxylation sites is 2. The topological polar surface area (TPSA) is 44.7 Å². The molecule has 0 saturated heterocycles. The molecule has 3 rings (SSSR count). The van der Waals surface area contributed by atoms with E-state index in [0.29, 0.717) is 13.1 Å². The van der Waals surface area contributed by atoms with E-state index in [2.05, 4.69) is 10.2 Å². The fourth-order valence-electron chi connectivity index (χ4n) is 3.31. The van der Waals surface area contributed by atoms with Crippen molar-refractivity contribution in [3.8, 4) is 5.75 Å². The smallest absolute Gasteiger partial charge is 0.143 e. The third kappa shape index (κ3) is 4.24. The molecule has 1 aliphatic heterocycles. The molecule has 0 amide bonds. The number of nitrogens with zero attached hydrogens (tertiary/aromatic N) is 1. The summed E-state index contributed by atoms with van der Waals surface area (Å²) in [5.74, 6) is 0.484. The molecular formula is C19H24ClFN2O2. The van der Waals surface area contributed by atoms with Gasteiger partial charge in [-0.1, -0.05) is 24.3 Å². The third-order valence-electron chi connectivity index (χ3n) is 4.26. The van der Waals surface area contributed by atoms with Crippen molar-refractivity contribution >= 4 is 18.1 Å². The second-order valence-electron chi connectivity index (χ2n) is 6.17. The van der Waals surface area contributed by atoms with Gasteiger partial charge in [-0.25, -0.2) is 4.39 Å². The van der Waals surface area contributed by atoms with Crippen molar-refractivity contribution in [2.75, 3.05) is 25.0 Å². The molecule has 0 aliphatic carbocycles. The van der Waals surface area contributed by atoms with Gasteiger partial charge in [0.1, 0.15) is 17.7 Å². The van der Waals surface area contributed by atoms with E-state index in [1.54, 1.807) is 13.1 Å². The number of anilines is 1. The number of nitrogens with one attached hydrogen (secondary N) is 1. The van der Waals surface area contributed by atoms with Crippen LogP contribution in [0.25, 0.3) is 0 Å². The molecule has 25 heavy (non-hydrogen) atoms. The monoisotopic (exact) mass is 366 g/mol. The lowest BCUT2D eigenvalue weighted by Crippen LogP contribution is -2.47. The van der Waals surface area contributed by atoms with Crippen molar-refractivity contribution in [2.24, 2.45) is 0 Å². The zero-order chi connectivity index (χ0) is 17.1. The molecule has 4 nitrogen and oxygen atoms in total. The van der Waals surface area contributed by atoms with Gasteiger partial charge in [0.25, 0.3) is 0 Å². The van der Waals surface area contributed by atoms with Crippen LogP contribution in [0.3, 0.4) is 0 Å². The number of halogens is 2. The van der Waals surface area contributed by atoms with Crippen molar-refractivity contribution in [2.45, 2.75) is 25.2 Å². The highest BCUT2D eigenvalue weighted by molar-refractivity contribution is 5.85. The summed E-state index contributed by atoms with van der Waals surface area (Å²) in [5.41, 5.74) is 1.67. The molecule has 0 aromatic heterocycles. The van der Waals surface area contributed by atoms with Gasteiger partial charge in [-0.15, -0.1) is 12.4 Å². The first kappa shape index (κ1) is 19.5. The largest absolute Gasteiger partial charge is 0.487 e. The molecule has 6 heteroatoms. The van der Waals surface area contributed by atoms with E-state index < -0.39 is 6.10 Å². The number of aliphatic hydroxyl groups is 1. The normalized spacial score (nSPS) is 18.6. The highest BCUT2D eigenvalue weighted by Crippen LogP contribution is 2.39. The Labute approximate surface area is 154 Å². The van der Waals surface area contributed by atoms with Crippen LogP contribution in [-0.2, 0) is 0 Å². The maximum Gasteiger partial charge on any atom is 0.143 e. The highest BCUT2D eigenvalue weighted by Gasteiger charge is 2.33. The summed E-state index contributed by atoms with van der Waals surface area (Å²) in [6.45, 7) is 3.03. The van der Waals surface area contributed by atoms with Crippen molar-refractivity contribution in [1.29, 1.82) is 0 Å². The lowest BCUT2D eigenvalue weighted by atomic mass is 9.97. The maximum absolute atomic E-state index is 13.8. The first-order chi connectivity index (χ1) is 11.6. The lowest BCUT2D eigenvalue weighted by molar-refractivity contribution is 0.127. The van der Waals surface area contributed by atoms with Crippen LogP contribution in [0.4, 0.5) is 10.1 Å². The molecule has 0 radical (unpaired) electrons. The Morgan fingerprint density at radius 2 is 2.04 bits per heavy atom. The number of likely N-dealkylation sites (N-methyl/N-ethyl adjacent to an activating group) is 1. The molecule has 1 aliphatic rings. The van der Waals surface area contributed by atoms with Crippen LogP contribution in [0.1, 0.15) is 18.5 Å². The summed E-state index contributed by atoms with van der Waals surface area (Å²) in [6, 6.07) is 13.8. The van der Waals surface area contributed by atoms with E-state index in [9.17, 15) is 9.50 Å². The average molecular weight is 367 g/mol. The van der Waals surface area contributed by atoms with Crippen LogP contribution in [0.2, 0.25) is 0 Å². The minimum atomic E-state index is -0.685. The second-order valence-corrected chi connectivity index (χ2v) is 6.17. The molecule has 0 fully saturated rings. The van der Waals surface area contributed by atoms with Gasteiger partial charge in [0, 0.05) is 6.54 Å². The Morgan fingerprint density at radius 3 is 2.76 bits per heavy atom. The summed E-state index contributed by atoms with van der Waals surface area (Å²) in [6.07, 6.45) is -0.701. The van der Waals surface area contributed by atoms with Crippen LogP contribution in [0.5, 0.6) is 5.75 Å². The Morgan fingerprint density at radius 1 is 1.28 bits per heavy atom. The van der Waals surface area contributed by atoms with Crippen molar-refractivity contribution in [3.63, 3.8) is 0 Å². The van der Waals surface area contributed by atoms with E-state index >= 15 is 0 Å². The van der Waals surface area contributed by atoms with E-state index in [0.717, 1.165) is 17.0 Å². The molecule has 2 aromatic rings. The van der Waals surface area contributed by atoms with Gasteiger partial charge in [-0.2, -0.15) is 0 Å². The molecule has 136 valence electrons. The average Bonchev–Trinajstić information content (AvgIpc) is 2.55.